The lowest BCUT2D eigenvalue weighted by Gasteiger charge is -2.23. The van der Waals surface area contributed by atoms with Crippen molar-refractivity contribution in [3.63, 3.8) is 0 Å². The van der Waals surface area contributed by atoms with E-state index in [0.29, 0.717) is 6.04 Å². The SMILES string of the molecule is C/C(=C/c1ccsc1)CC1CCCCN1. The predicted octanol–water partition coefficient (Wildman–Crippen LogP) is 3.68. The fourth-order valence-corrected chi connectivity index (χ4v) is 2.81. The third kappa shape index (κ3) is 3.47. The molecule has 2 heterocycles. The van der Waals surface area contributed by atoms with Crippen molar-refractivity contribution in [2.75, 3.05) is 6.54 Å². The Morgan fingerprint density at radius 1 is 1.60 bits per heavy atom. The molecule has 2 heteroatoms. The van der Waals surface area contributed by atoms with Gasteiger partial charge in [0.15, 0.2) is 0 Å². The van der Waals surface area contributed by atoms with Gasteiger partial charge in [-0.15, -0.1) is 0 Å². The molecule has 1 atom stereocenters. The molecule has 1 unspecified atom stereocenters. The Labute approximate surface area is 96.2 Å². The Hall–Kier alpha value is -0.600. The van der Waals surface area contributed by atoms with E-state index in [1.54, 1.807) is 11.3 Å². The third-order valence-electron chi connectivity index (χ3n) is 2.94. The quantitative estimate of drug-likeness (QED) is 0.821. The molecule has 0 aromatic carbocycles. The molecule has 0 aliphatic carbocycles. The van der Waals surface area contributed by atoms with Crippen molar-refractivity contribution in [1.29, 1.82) is 0 Å². The summed E-state index contributed by atoms with van der Waals surface area (Å²) in [7, 11) is 0. The van der Waals surface area contributed by atoms with E-state index in [9.17, 15) is 0 Å². The van der Waals surface area contributed by atoms with Gasteiger partial charge in [-0.25, -0.2) is 0 Å². The van der Waals surface area contributed by atoms with E-state index in [1.165, 1.54) is 43.4 Å². The van der Waals surface area contributed by atoms with Crippen molar-refractivity contribution in [2.45, 2.75) is 38.6 Å². The van der Waals surface area contributed by atoms with E-state index in [2.05, 4.69) is 35.1 Å². The van der Waals surface area contributed by atoms with Gasteiger partial charge in [0.25, 0.3) is 0 Å². The fourth-order valence-electron chi connectivity index (χ4n) is 2.19. The Bertz CT molecular complexity index is 307. The van der Waals surface area contributed by atoms with Gasteiger partial charge in [0.2, 0.25) is 0 Å². The molecular formula is C13H19NS. The van der Waals surface area contributed by atoms with E-state index in [1.807, 2.05) is 0 Å². The smallest absolute Gasteiger partial charge is 0.0104 e. The topological polar surface area (TPSA) is 12.0 Å². The van der Waals surface area contributed by atoms with Crippen LogP contribution in [0.1, 0.15) is 38.2 Å². The Balaban J connectivity index is 1.88. The van der Waals surface area contributed by atoms with Crippen LogP contribution in [0.25, 0.3) is 6.08 Å². The number of thiophene rings is 1. The van der Waals surface area contributed by atoms with Gasteiger partial charge in [-0.3, -0.25) is 0 Å². The molecular weight excluding hydrogens is 202 g/mol. The summed E-state index contributed by atoms with van der Waals surface area (Å²) in [6, 6.07) is 2.90. The second-order valence-electron chi connectivity index (χ2n) is 4.40. The zero-order chi connectivity index (χ0) is 10.5. The molecule has 1 N–H and O–H groups in total. The normalized spacial score (nSPS) is 23.0. The summed E-state index contributed by atoms with van der Waals surface area (Å²) in [6.45, 7) is 3.45. The molecule has 0 bridgehead atoms. The zero-order valence-electron chi connectivity index (χ0n) is 9.33. The summed E-state index contributed by atoms with van der Waals surface area (Å²) in [6.07, 6.45) is 7.60. The van der Waals surface area contributed by atoms with E-state index >= 15 is 0 Å². The molecule has 0 radical (unpaired) electrons. The molecule has 0 spiro atoms. The lowest BCUT2D eigenvalue weighted by Crippen LogP contribution is -2.33. The van der Waals surface area contributed by atoms with Crippen LogP contribution in [0.4, 0.5) is 0 Å². The van der Waals surface area contributed by atoms with Gasteiger partial charge in [0, 0.05) is 6.04 Å². The highest BCUT2D eigenvalue weighted by Crippen LogP contribution is 2.18. The van der Waals surface area contributed by atoms with Gasteiger partial charge in [0.1, 0.15) is 0 Å². The number of hydrogen-bond acceptors (Lipinski definition) is 2. The van der Waals surface area contributed by atoms with Crippen LogP contribution in [0, 0.1) is 0 Å². The number of nitrogens with one attached hydrogen (secondary N) is 1. The minimum Gasteiger partial charge on any atom is -0.314 e. The average molecular weight is 221 g/mol. The van der Waals surface area contributed by atoms with Gasteiger partial charge in [-0.2, -0.15) is 11.3 Å². The molecule has 1 aliphatic heterocycles. The van der Waals surface area contributed by atoms with Gasteiger partial charge < -0.3 is 5.32 Å². The Kier molecular flexibility index (Phi) is 3.98. The van der Waals surface area contributed by atoms with Gasteiger partial charge in [0.05, 0.1) is 0 Å². The summed E-state index contributed by atoms with van der Waals surface area (Å²) in [5.74, 6) is 0. The van der Waals surface area contributed by atoms with E-state index in [0.717, 1.165) is 0 Å². The summed E-state index contributed by atoms with van der Waals surface area (Å²) in [5.41, 5.74) is 2.85. The summed E-state index contributed by atoms with van der Waals surface area (Å²) in [4.78, 5) is 0. The maximum absolute atomic E-state index is 3.59. The first-order chi connectivity index (χ1) is 7.34. The summed E-state index contributed by atoms with van der Waals surface area (Å²) >= 11 is 1.77. The Morgan fingerprint density at radius 3 is 3.20 bits per heavy atom. The number of piperidine rings is 1. The lowest BCUT2D eigenvalue weighted by molar-refractivity contribution is 0.399. The van der Waals surface area contributed by atoms with Crippen LogP contribution in [-0.2, 0) is 0 Å². The van der Waals surface area contributed by atoms with Gasteiger partial charge in [-0.05, 0) is 55.1 Å². The standard InChI is InChI=1S/C13H19NS/c1-11(8-12-5-7-15-10-12)9-13-4-2-3-6-14-13/h5,7-8,10,13-14H,2-4,6,9H2,1H3/b11-8-. The number of hydrogen-bond donors (Lipinski definition) is 1. The molecule has 1 aromatic heterocycles. The summed E-state index contributed by atoms with van der Waals surface area (Å²) < 4.78 is 0. The highest BCUT2D eigenvalue weighted by atomic mass is 32.1. The molecule has 1 saturated heterocycles. The maximum Gasteiger partial charge on any atom is 0.0104 e. The van der Waals surface area contributed by atoms with E-state index in [-0.39, 0.29) is 0 Å². The average Bonchev–Trinajstić information content (AvgIpc) is 2.71. The van der Waals surface area contributed by atoms with Crippen LogP contribution in [0.15, 0.2) is 22.4 Å². The zero-order valence-corrected chi connectivity index (χ0v) is 10.1. The van der Waals surface area contributed by atoms with Crippen LogP contribution in [-0.4, -0.2) is 12.6 Å². The van der Waals surface area contributed by atoms with Crippen molar-refractivity contribution in [1.82, 2.24) is 5.32 Å². The minimum absolute atomic E-state index is 0.716. The molecule has 0 amide bonds. The molecule has 2 rings (SSSR count). The fraction of sp³-hybridized carbons (Fsp3) is 0.538. The molecule has 82 valence electrons. The van der Waals surface area contributed by atoms with Crippen molar-refractivity contribution in [2.24, 2.45) is 0 Å². The number of rotatable bonds is 3. The van der Waals surface area contributed by atoms with Crippen molar-refractivity contribution in [3.8, 4) is 0 Å². The largest absolute Gasteiger partial charge is 0.314 e. The maximum atomic E-state index is 3.59. The highest BCUT2D eigenvalue weighted by molar-refractivity contribution is 7.08. The van der Waals surface area contributed by atoms with Crippen molar-refractivity contribution < 1.29 is 0 Å². The molecule has 0 saturated carbocycles. The van der Waals surface area contributed by atoms with Crippen molar-refractivity contribution in [3.05, 3.63) is 28.0 Å². The second-order valence-corrected chi connectivity index (χ2v) is 5.18. The van der Waals surface area contributed by atoms with Crippen molar-refractivity contribution >= 4 is 17.4 Å². The van der Waals surface area contributed by atoms with Crippen LogP contribution in [0.2, 0.25) is 0 Å². The predicted molar refractivity (Wildman–Crippen MR) is 68.2 cm³/mol. The van der Waals surface area contributed by atoms with Crippen LogP contribution in [0.5, 0.6) is 0 Å². The second kappa shape index (κ2) is 5.47. The third-order valence-corrected chi connectivity index (χ3v) is 3.64. The van der Waals surface area contributed by atoms with E-state index < -0.39 is 0 Å². The summed E-state index contributed by atoms with van der Waals surface area (Å²) in [5, 5.41) is 7.93. The van der Waals surface area contributed by atoms with Crippen LogP contribution >= 0.6 is 11.3 Å². The first kappa shape index (κ1) is 10.9. The molecule has 15 heavy (non-hydrogen) atoms. The van der Waals surface area contributed by atoms with Gasteiger partial charge >= 0.3 is 0 Å². The highest BCUT2D eigenvalue weighted by Gasteiger charge is 2.12. The first-order valence-corrected chi connectivity index (χ1v) is 6.71. The first-order valence-electron chi connectivity index (χ1n) is 5.77. The lowest BCUT2D eigenvalue weighted by atomic mass is 9.98. The Morgan fingerprint density at radius 2 is 2.53 bits per heavy atom. The van der Waals surface area contributed by atoms with Crippen LogP contribution < -0.4 is 5.32 Å². The molecule has 1 fully saturated rings. The van der Waals surface area contributed by atoms with Crippen LogP contribution in [0.3, 0.4) is 0 Å². The monoisotopic (exact) mass is 221 g/mol. The molecule has 1 nitrogen and oxygen atoms in total. The minimum atomic E-state index is 0.716. The van der Waals surface area contributed by atoms with E-state index in [4.69, 9.17) is 0 Å². The molecule has 1 aromatic rings. The van der Waals surface area contributed by atoms with Gasteiger partial charge in [-0.1, -0.05) is 18.1 Å². The molecule has 1 aliphatic rings.